The normalized spacial score (nSPS) is 17.2. The number of aromatic nitrogens is 2. The Morgan fingerprint density at radius 3 is 2.91 bits per heavy atom. The molecule has 1 aliphatic rings. The van der Waals surface area contributed by atoms with E-state index in [4.69, 9.17) is 0 Å². The SMILES string of the molecule is Cc1nnc(SCC2CC2)s1. The Morgan fingerprint density at radius 2 is 2.36 bits per heavy atom. The molecule has 1 heterocycles. The van der Waals surface area contributed by atoms with Crippen molar-refractivity contribution in [3.05, 3.63) is 5.01 Å². The van der Waals surface area contributed by atoms with Gasteiger partial charge in [0.2, 0.25) is 0 Å². The second-order valence-electron chi connectivity index (χ2n) is 2.84. The van der Waals surface area contributed by atoms with Gasteiger partial charge in [0.15, 0.2) is 4.34 Å². The third kappa shape index (κ3) is 2.17. The van der Waals surface area contributed by atoms with Crippen molar-refractivity contribution in [2.75, 3.05) is 5.75 Å². The van der Waals surface area contributed by atoms with Crippen LogP contribution in [0.4, 0.5) is 0 Å². The van der Waals surface area contributed by atoms with Crippen molar-refractivity contribution in [1.82, 2.24) is 10.2 Å². The lowest BCUT2D eigenvalue weighted by Crippen LogP contribution is -1.79. The molecule has 1 aliphatic carbocycles. The van der Waals surface area contributed by atoms with Gasteiger partial charge in [-0.2, -0.15) is 0 Å². The van der Waals surface area contributed by atoms with E-state index in [1.807, 2.05) is 18.7 Å². The average molecular weight is 186 g/mol. The maximum atomic E-state index is 4.05. The number of hydrogen-bond acceptors (Lipinski definition) is 4. The third-order valence-electron chi connectivity index (χ3n) is 1.65. The Morgan fingerprint density at radius 1 is 1.55 bits per heavy atom. The van der Waals surface area contributed by atoms with Gasteiger partial charge < -0.3 is 0 Å². The van der Waals surface area contributed by atoms with Crippen molar-refractivity contribution in [2.24, 2.45) is 5.92 Å². The van der Waals surface area contributed by atoms with Crippen molar-refractivity contribution in [2.45, 2.75) is 24.1 Å². The molecule has 11 heavy (non-hydrogen) atoms. The first-order valence-corrected chi connectivity index (χ1v) is 5.58. The Bertz CT molecular complexity index is 242. The average Bonchev–Trinajstić information content (AvgIpc) is 2.72. The summed E-state index contributed by atoms with van der Waals surface area (Å²) in [5.74, 6) is 2.22. The largest absolute Gasteiger partial charge is 0.174 e. The Balaban J connectivity index is 1.85. The summed E-state index contributed by atoms with van der Waals surface area (Å²) in [4.78, 5) is 0. The fraction of sp³-hybridized carbons (Fsp3) is 0.714. The van der Waals surface area contributed by atoms with Crippen LogP contribution < -0.4 is 0 Å². The van der Waals surface area contributed by atoms with Crippen LogP contribution in [-0.4, -0.2) is 16.0 Å². The summed E-state index contributed by atoms with van der Waals surface area (Å²) in [7, 11) is 0. The minimum Gasteiger partial charge on any atom is -0.143 e. The van der Waals surface area contributed by atoms with Crippen LogP contribution in [0, 0.1) is 12.8 Å². The van der Waals surface area contributed by atoms with E-state index in [1.165, 1.54) is 18.6 Å². The van der Waals surface area contributed by atoms with Gasteiger partial charge in [-0.05, 0) is 25.7 Å². The van der Waals surface area contributed by atoms with Crippen LogP contribution in [-0.2, 0) is 0 Å². The van der Waals surface area contributed by atoms with Crippen LogP contribution in [0.1, 0.15) is 17.8 Å². The minimum atomic E-state index is 0.976. The first-order valence-electron chi connectivity index (χ1n) is 3.77. The summed E-state index contributed by atoms with van der Waals surface area (Å²) in [5, 5.41) is 9.08. The molecule has 0 N–H and O–H groups in total. The van der Waals surface area contributed by atoms with Crippen LogP contribution in [0.3, 0.4) is 0 Å². The Labute approximate surface area is 74.4 Å². The van der Waals surface area contributed by atoms with Crippen molar-refractivity contribution >= 4 is 23.1 Å². The maximum absolute atomic E-state index is 4.05. The number of aryl methyl sites for hydroxylation is 1. The van der Waals surface area contributed by atoms with Gasteiger partial charge in [-0.25, -0.2) is 0 Å². The lowest BCUT2D eigenvalue weighted by Gasteiger charge is -1.90. The van der Waals surface area contributed by atoms with E-state index in [0.29, 0.717) is 0 Å². The van der Waals surface area contributed by atoms with Gasteiger partial charge in [-0.15, -0.1) is 10.2 Å². The van der Waals surface area contributed by atoms with Crippen LogP contribution in [0.15, 0.2) is 4.34 Å². The highest BCUT2D eigenvalue weighted by atomic mass is 32.2. The molecule has 4 heteroatoms. The van der Waals surface area contributed by atoms with Crippen molar-refractivity contribution in [3.63, 3.8) is 0 Å². The molecule has 2 rings (SSSR count). The molecule has 1 aromatic heterocycles. The molecule has 1 aromatic rings. The van der Waals surface area contributed by atoms with Crippen LogP contribution >= 0.6 is 23.1 Å². The van der Waals surface area contributed by atoms with Crippen LogP contribution in [0.25, 0.3) is 0 Å². The number of thioether (sulfide) groups is 1. The lowest BCUT2D eigenvalue weighted by atomic mass is 10.5. The molecule has 1 fully saturated rings. The molecule has 0 amide bonds. The maximum Gasteiger partial charge on any atom is 0.174 e. The molecular formula is C7H10N2S2. The molecule has 0 unspecified atom stereocenters. The summed E-state index contributed by atoms with van der Waals surface area (Å²) < 4.78 is 1.13. The van der Waals surface area contributed by atoms with Gasteiger partial charge in [0.1, 0.15) is 5.01 Å². The number of nitrogens with zero attached hydrogens (tertiary/aromatic N) is 2. The van der Waals surface area contributed by atoms with E-state index in [1.54, 1.807) is 11.3 Å². The molecular weight excluding hydrogens is 176 g/mol. The molecule has 1 saturated carbocycles. The Hall–Kier alpha value is -0.0900. The molecule has 0 spiro atoms. The fourth-order valence-electron chi connectivity index (χ4n) is 0.810. The van der Waals surface area contributed by atoms with Crippen molar-refractivity contribution < 1.29 is 0 Å². The third-order valence-corrected chi connectivity index (χ3v) is 3.85. The highest BCUT2D eigenvalue weighted by Gasteiger charge is 2.21. The van der Waals surface area contributed by atoms with Gasteiger partial charge in [0.05, 0.1) is 0 Å². The van der Waals surface area contributed by atoms with Crippen LogP contribution in [0.5, 0.6) is 0 Å². The second-order valence-corrected chi connectivity index (χ2v) is 5.29. The summed E-state index contributed by atoms with van der Waals surface area (Å²) >= 11 is 3.56. The topological polar surface area (TPSA) is 25.8 Å². The highest BCUT2D eigenvalue weighted by molar-refractivity contribution is 8.01. The molecule has 0 saturated heterocycles. The van der Waals surface area contributed by atoms with Crippen molar-refractivity contribution in [1.29, 1.82) is 0 Å². The van der Waals surface area contributed by atoms with E-state index < -0.39 is 0 Å². The zero-order valence-corrected chi connectivity index (χ0v) is 8.04. The van der Waals surface area contributed by atoms with Gasteiger partial charge in [-0.3, -0.25) is 0 Å². The van der Waals surface area contributed by atoms with Gasteiger partial charge in [-0.1, -0.05) is 23.1 Å². The first-order chi connectivity index (χ1) is 5.34. The quantitative estimate of drug-likeness (QED) is 0.678. The fourth-order valence-corrected chi connectivity index (χ4v) is 2.84. The zero-order valence-electron chi connectivity index (χ0n) is 6.41. The van der Waals surface area contributed by atoms with Gasteiger partial charge >= 0.3 is 0 Å². The predicted octanol–water partition coefficient (Wildman–Crippen LogP) is 2.35. The standard InChI is InChI=1S/C7H10N2S2/c1-5-8-9-7(11-5)10-4-6-2-3-6/h6H,2-4H2,1H3. The van der Waals surface area contributed by atoms with E-state index >= 15 is 0 Å². The summed E-state index contributed by atoms with van der Waals surface area (Å²) in [6.07, 6.45) is 2.84. The van der Waals surface area contributed by atoms with E-state index in [0.717, 1.165) is 15.3 Å². The van der Waals surface area contributed by atoms with Gasteiger partial charge in [0, 0.05) is 5.75 Å². The smallest absolute Gasteiger partial charge is 0.143 e. The van der Waals surface area contributed by atoms with E-state index in [-0.39, 0.29) is 0 Å². The second kappa shape index (κ2) is 3.11. The van der Waals surface area contributed by atoms with Gasteiger partial charge in [0.25, 0.3) is 0 Å². The van der Waals surface area contributed by atoms with E-state index in [2.05, 4.69) is 10.2 Å². The number of rotatable bonds is 3. The molecule has 0 bridgehead atoms. The monoisotopic (exact) mass is 186 g/mol. The van der Waals surface area contributed by atoms with E-state index in [9.17, 15) is 0 Å². The summed E-state index contributed by atoms with van der Waals surface area (Å²) in [6.45, 7) is 2.00. The lowest BCUT2D eigenvalue weighted by molar-refractivity contribution is 0.968. The minimum absolute atomic E-state index is 0.976. The predicted molar refractivity (Wildman–Crippen MR) is 48.1 cm³/mol. The number of hydrogen-bond donors (Lipinski definition) is 0. The molecule has 60 valence electrons. The molecule has 0 radical (unpaired) electrons. The highest BCUT2D eigenvalue weighted by Crippen LogP contribution is 2.35. The van der Waals surface area contributed by atoms with Crippen molar-refractivity contribution in [3.8, 4) is 0 Å². The molecule has 0 atom stereocenters. The van der Waals surface area contributed by atoms with Crippen LogP contribution in [0.2, 0.25) is 0 Å². The zero-order chi connectivity index (χ0) is 7.68. The molecule has 0 aliphatic heterocycles. The summed E-state index contributed by atoms with van der Waals surface area (Å²) in [6, 6.07) is 0. The molecule has 2 nitrogen and oxygen atoms in total. The summed E-state index contributed by atoms with van der Waals surface area (Å²) in [5.41, 5.74) is 0. The molecule has 0 aromatic carbocycles. The Kier molecular flexibility index (Phi) is 2.13. The first kappa shape index (κ1) is 7.55.